The van der Waals surface area contributed by atoms with Crippen molar-refractivity contribution in [1.82, 2.24) is 15.1 Å². The predicted octanol–water partition coefficient (Wildman–Crippen LogP) is 4.16. The summed E-state index contributed by atoms with van der Waals surface area (Å²) in [5.41, 5.74) is 0.899. The monoisotopic (exact) mass is 519 g/mol. The number of nitrogens with zero attached hydrogens (tertiary/aromatic N) is 2. The van der Waals surface area contributed by atoms with Crippen LogP contribution >= 0.6 is 0 Å². The first kappa shape index (κ1) is 26.8. The van der Waals surface area contributed by atoms with E-state index in [0.29, 0.717) is 24.9 Å². The summed E-state index contributed by atoms with van der Waals surface area (Å²) in [7, 11) is 0. The largest absolute Gasteiger partial charge is 0.573 e. The van der Waals surface area contributed by atoms with Crippen LogP contribution in [0.4, 0.5) is 13.2 Å². The average Bonchev–Trinajstić information content (AvgIpc) is 2.88. The molecule has 0 radical (unpaired) electrons. The number of alkyl halides is 3. The van der Waals surface area contributed by atoms with Gasteiger partial charge in [0, 0.05) is 38.3 Å². The summed E-state index contributed by atoms with van der Waals surface area (Å²) < 4.78 is 47.8. The fourth-order valence-electron chi connectivity index (χ4n) is 5.00. The maximum Gasteiger partial charge on any atom is 0.573 e. The molecule has 2 saturated heterocycles. The van der Waals surface area contributed by atoms with Gasteiger partial charge in [-0.05, 0) is 56.4 Å². The number of nitrogens with one attached hydrogen (secondary N) is 1. The summed E-state index contributed by atoms with van der Waals surface area (Å²) in [6.45, 7) is 4.53. The molecular weight excluding hydrogens is 487 g/mol. The highest BCUT2D eigenvalue weighted by Crippen LogP contribution is 2.29. The van der Waals surface area contributed by atoms with Crippen LogP contribution in [0.15, 0.2) is 48.5 Å². The molecule has 2 aliphatic rings. The molecule has 0 bridgehead atoms. The Balaban J connectivity index is 1.20. The molecule has 2 fully saturated rings. The average molecular weight is 520 g/mol. The van der Waals surface area contributed by atoms with Gasteiger partial charge in [0.25, 0.3) is 11.8 Å². The molecule has 0 unspecified atom stereocenters. The quantitative estimate of drug-likeness (QED) is 0.595. The van der Waals surface area contributed by atoms with E-state index < -0.39 is 18.0 Å². The second kappa shape index (κ2) is 11.9. The summed E-state index contributed by atoms with van der Waals surface area (Å²) in [4.78, 5) is 29.2. The van der Waals surface area contributed by atoms with Crippen molar-refractivity contribution < 1.29 is 32.2 Å². The molecule has 0 saturated carbocycles. The van der Waals surface area contributed by atoms with Gasteiger partial charge in [-0.2, -0.15) is 0 Å². The smallest absolute Gasteiger partial charge is 0.484 e. The van der Waals surface area contributed by atoms with E-state index in [1.807, 2.05) is 31.2 Å². The van der Waals surface area contributed by atoms with Crippen LogP contribution in [0.2, 0.25) is 0 Å². The summed E-state index contributed by atoms with van der Waals surface area (Å²) in [5.74, 6) is -0.361. The Labute approximate surface area is 214 Å². The summed E-state index contributed by atoms with van der Waals surface area (Å²) in [5, 5.41) is 3.06. The molecule has 2 heterocycles. The Kier molecular flexibility index (Phi) is 8.58. The minimum atomic E-state index is -4.86. The molecule has 37 heavy (non-hydrogen) atoms. The topological polar surface area (TPSA) is 71.1 Å². The number of likely N-dealkylation sites (tertiary alicyclic amines) is 2. The fourth-order valence-corrected chi connectivity index (χ4v) is 5.00. The molecule has 2 aromatic carbocycles. The van der Waals surface area contributed by atoms with Crippen molar-refractivity contribution in [2.75, 3.05) is 32.8 Å². The van der Waals surface area contributed by atoms with E-state index in [2.05, 4.69) is 15.0 Å². The van der Waals surface area contributed by atoms with E-state index in [4.69, 9.17) is 4.74 Å². The van der Waals surface area contributed by atoms with Crippen LogP contribution in [0.25, 0.3) is 0 Å². The van der Waals surface area contributed by atoms with Gasteiger partial charge in [-0.25, -0.2) is 0 Å². The number of halogens is 3. The third kappa shape index (κ3) is 7.38. The zero-order valence-corrected chi connectivity index (χ0v) is 20.8. The maximum absolute atomic E-state index is 12.9. The highest BCUT2D eigenvalue weighted by atomic mass is 19.4. The van der Waals surface area contributed by atoms with Crippen molar-refractivity contribution >= 4 is 11.8 Å². The van der Waals surface area contributed by atoms with Gasteiger partial charge in [-0.1, -0.05) is 30.3 Å². The first-order valence-electron chi connectivity index (χ1n) is 12.6. The number of ether oxygens (including phenoxy) is 2. The van der Waals surface area contributed by atoms with E-state index in [0.717, 1.165) is 50.4 Å². The lowest BCUT2D eigenvalue weighted by molar-refractivity contribution is -0.274. The number of hydrogen-bond donors (Lipinski definition) is 1. The lowest BCUT2D eigenvalue weighted by atomic mass is 9.97. The number of aryl methyl sites for hydroxylation is 1. The number of carbonyl (C=O) groups excluding carboxylic acids is 2. The van der Waals surface area contributed by atoms with Crippen LogP contribution in [0, 0.1) is 6.92 Å². The molecule has 0 atom stereocenters. The highest BCUT2D eigenvalue weighted by Gasteiger charge is 2.35. The predicted molar refractivity (Wildman–Crippen MR) is 131 cm³/mol. The van der Waals surface area contributed by atoms with Crippen LogP contribution in [0.3, 0.4) is 0 Å². The normalized spacial score (nSPS) is 17.9. The number of amides is 2. The van der Waals surface area contributed by atoms with Gasteiger partial charge in [0.15, 0.2) is 6.61 Å². The van der Waals surface area contributed by atoms with Crippen molar-refractivity contribution in [1.29, 1.82) is 0 Å². The van der Waals surface area contributed by atoms with Crippen molar-refractivity contribution in [3.63, 3.8) is 0 Å². The van der Waals surface area contributed by atoms with Gasteiger partial charge in [-0.3, -0.25) is 9.59 Å². The Morgan fingerprint density at radius 1 is 0.919 bits per heavy atom. The van der Waals surface area contributed by atoms with E-state index in [1.54, 1.807) is 4.90 Å². The molecule has 200 valence electrons. The van der Waals surface area contributed by atoms with Crippen LogP contribution in [-0.4, -0.2) is 72.8 Å². The molecule has 2 aliphatic heterocycles. The summed E-state index contributed by atoms with van der Waals surface area (Å²) in [6.07, 6.45) is -1.71. The zero-order valence-electron chi connectivity index (χ0n) is 20.8. The lowest BCUT2D eigenvalue weighted by Gasteiger charge is -2.42. The van der Waals surface area contributed by atoms with E-state index >= 15 is 0 Å². The highest BCUT2D eigenvalue weighted by molar-refractivity contribution is 5.97. The Bertz CT molecular complexity index is 1080. The molecular formula is C27H32F3N3O4. The molecule has 7 nitrogen and oxygen atoms in total. The Hall–Kier alpha value is -3.27. The van der Waals surface area contributed by atoms with Gasteiger partial charge >= 0.3 is 6.36 Å². The molecule has 0 aliphatic carbocycles. The first-order chi connectivity index (χ1) is 17.7. The van der Waals surface area contributed by atoms with Crippen LogP contribution in [0.1, 0.15) is 41.6 Å². The van der Waals surface area contributed by atoms with Gasteiger partial charge in [-0.15, -0.1) is 13.2 Å². The van der Waals surface area contributed by atoms with E-state index in [9.17, 15) is 22.8 Å². The van der Waals surface area contributed by atoms with Gasteiger partial charge in [0.1, 0.15) is 11.5 Å². The number of para-hydroxylation sites is 2. The molecule has 0 aromatic heterocycles. The minimum absolute atomic E-state index is 0.0192. The molecule has 2 aromatic rings. The Morgan fingerprint density at radius 2 is 1.54 bits per heavy atom. The standard InChI is InChI=1S/C27H32F3N3O4/c1-19-6-2-4-8-23(19)36-18-25(34)31-20-10-14-32(15-11-20)21-12-16-33(17-13-21)26(35)22-7-3-5-9-24(22)37-27(28,29)30/h2-9,20-21H,10-18H2,1H3,(H,31,34). The van der Waals surface area contributed by atoms with E-state index in [1.165, 1.54) is 18.2 Å². The first-order valence-corrected chi connectivity index (χ1v) is 12.6. The van der Waals surface area contributed by atoms with Crippen molar-refractivity contribution in [2.24, 2.45) is 0 Å². The van der Waals surface area contributed by atoms with Crippen molar-refractivity contribution in [3.05, 3.63) is 59.7 Å². The maximum atomic E-state index is 12.9. The minimum Gasteiger partial charge on any atom is -0.484 e. The molecule has 2 amide bonds. The molecule has 10 heteroatoms. The van der Waals surface area contributed by atoms with Crippen LogP contribution in [-0.2, 0) is 4.79 Å². The van der Waals surface area contributed by atoms with Crippen molar-refractivity contribution in [2.45, 2.75) is 51.1 Å². The van der Waals surface area contributed by atoms with Crippen molar-refractivity contribution in [3.8, 4) is 11.5 Å². The van der Waals surface area contributed by atoms with Crippen LogP contribution in [0.5, 0.6) is 11.5 Å². The number of piperidine rings is 2. The molecule has 4 rings (SSSR count). The van der Waals surface area contributed by atoms with E-state index in [-0.39, 0.29) is 24.1 Å². The number of benzene rings is 2. The third-order valence-electron chi connectivity index (χ3n) is 6.96. The Morgan fingerprint density at radius 3 is 2.19 bits per heavy atom. The summed E-state index contributed by atoms with van der Waals surface area (Å²) in [6, 6.07) is 13.4. The molecule has 0 spiro atoms. The molecule has 1 N–H and O–H groups in total. The summed E-state index contributed by atoms with van der Waals surface area (Å²) >= 11 is 0. The number of rotatable bonds is 7. The number of carbonyl (C=O) groups is 2. The lowest BCUT2D eigenvalue weighted by Crippen LogP contribution is -2.52. The van der Waals surface area contributed by atoms with Gasteiger partial charge < -0.3 is 24.6 Å². The third-order valence-corrected chi connectivity index (χ3v) is 6.96. The second-order valence-corrected chi connectivity index (χ2v) is 9.50. The number of hydrogen-bond acceptors (Lipinski definition) is 5. The van der Waals surface area contributed by atoms with Gasteiger partial charge in [0.05, 0.1) is 5.56 Å². The van der Waals surface area contributed by atoms with Crippen LogP contribution < -0.4 is 14.8 Å². The van der Waals surface area contributed by atoms with Gasteiger partial charge in [0.2, 0.25) is 0 Å². The zero-order chi connectivity index (χ0) is 26.4. The SMILES string of the molecule is Cc1ccccc1OCC(=O)NC1CCN(C2CCN(C(=O)c3ccccc3OC(F)(F)F)CC2)CC1. The fraction of sp³-hybridized carbons (Fsp3) is 0.481. The second-order valence-electron chi connectivity index (χ2n) is 9.50.